The van der Waals surface area contributed by atoms with Crippen LogP contribution in [0.3, 0.4) is 0 Å². The molecule has 162 valence electrons. The summed E-state index contributed by atoms with van der Waals surface area (Å²) in [6.45, 7) is 2.57. The molecule has 5 nitrogen and oxygen atoms in total. The smallest absolute Gasteiger partial charge is 0.243 e. The van der Waals surface area contributed by atoms with E-state index in [0.29, 0.717) is 22.9 Å². The molecular weight excluding hydrogens is 478 g/mol. The molecule has 1 unspecified atom stereocenters. The van der Waals surface area contributed by atoms with Crippen LogP contribution >= 0.6 is 15.9 Å². The number of benzene rings is 3. The highest BCUT2D eigenvalue weighted by molar-refractivity contribution is 9.10. The van der Waals surface area contributed by atoms with Crippen LogP contribution in [0, 0.1) is 6.92 Å². The molecule has 0 fully saturated rings. The number of hydrogen-bond acceptors (Lipinski definition) is 4. The molecule has 3 aromatic rings. The topological polar surface area (TPSA) is 55.8 Å². The third kappa shape index (κ3) is 4.22. The van der Waals surface area contributed by atoms with Gasteiger partial charge in [0, 0.05) is 23.5 Å². The van der Waals surface area contributed by atoms with Crippen molar-refractivity contribution in [2.24, 2.45) is 0 Å². The normalized spacial score (nSPS) is 16.6. The summed E-state index contributed by atoms with van der Waals surface area (Å²) in [5.74, 6) is 1.10. The maximum atomic E-state index is 13.5. The predicted molar refractivity (Wildman–Crippen MR) is 124 cm³/mol. The van der Waals surface area contributed by atoms with E-state index >= 15 is 0 Å². The van der Waals surface area contributed by atoms with Crippen molar-refractivity contribution in [2.75, 3.05) is 20.8 Å². The standard InChI is InChI=1S/C24H24BrNO4S/c1-16-4-10-20(11-5-16)31(27,28)26-14-18-12-23(29-2)24(30-3)13-21(18)22(15-26)17-6-8-19(25)9-7-17/h4-13,22H,14-15H2,1-3H3. The molecule has 0 spiro atoms. The summed E-state index contributed by atoms with van der Waals surface area (Å²) in [6, 6.07) is 18.8. The zero-order valence-electron chi connectivity index (χ0n) is 17.6. The molecule has 0 amide bonds. The Morgan fingerprint density at radius 2 is 1.55 bits per heavy atom. The van der Waals surface area contributed by atoms with Gasteiger partial charge in [-0.05, 0) is 60.0 Å². The molecule has 7 heteroatoms. The lowest BCUT2D eigenvalue weighted by molar-refractivity contribution is 0.344. The van der Waals surface area contributed by atoms with Crippen molar-refractivity contribution in [3.8, 4) is 11.5 Å². The molecule has 1 heterocycles. The SMILES string of the molecule is COc1cc2c(cc1OC)C(c1ccc(Br)cc1)CN(S(=O)(=O)c1ccc(C)cc1)C2. The van der Waals surface area contributed by atoms with Gasteiger partial charge in [-0.1, -0.05) is 45.8 Å². The zero-order chi connectivity index (χ0) is 22.2. The second kappa shape index (κ2) is 8.65. The van der Waals surface area contributed by atoms with Gasteiger partial charge in [0.2, 0.25) is 10.0 Å². The molecule has 3 aromatic carbocycles. The van der Waals surface area contributed by atoms with Gasteiger partial charge in [-0.15, -0.1) is 0 Å². The molecule has 0 radical (unpaired) electrons. The molecule has 31 heavy (non-hydrogen) atoms. The molecule has 0 saturated carbocycles. The number of methoxy groups -OCH3 is 2. The minimum atomic E-state index is -3.65. The van der Waals surface area contributed by atoms with Gasteiger partial charge in [0.05, 0.1) is 19.1 Å². The van der Waals surface area contributed by atoms with E-state index in [-0.39, 0.29) is 12.5 Å². The van der Waals surface area contributed by atoms with E-state index in [0.717, 1.165) is 26.7 Å². The summed E-state index contributed by atoms with van der Waals surface area (Å²) in [6.07, 6.45) is 0. The maximum absolute atomic E-state index is 13.5. The van der Waals surface area contributed by atoms with Crippen molar-refractivity contribution in [3.05, 3.63) is 87.4 Å². The summed E-state index contributed by atoms with van der Waals surface area (Å²) in [5, 5.41) is 0. The third-order valence-corrected chi connectivity index (χ3v) is 8.04. The summed E-state index contributed by atoms with van der Waals surface area (Å²) in [7, 11) is -0.463. The highest BCUT2D eigenvalue weighted by Gasteiger charge is 2.35. The van der Waals surface area contributed by atoms with Crippen LogP contribution in [-0.2, 0) is 16.6 Å². The Labute approximate surface area is 191 Å². The van der Waals surface area contributed by atoms with Gasteiger partial charge in [-0.25, -0.2) is 8.42 Å². The number of nitrogens with zero attached hydrogens (tertiary/aromatic N) is 1. The van der Waals surface area contributed by atoms with Gasteiger partial charge in [-0.2, -0.15) is 4.31 Å². The van der Waals surface area contributed by atoms with Crippen molar-refractivity contribution in [1.82, 2.24) is 4.31 Å². The molecule has 0 saturated heterocycles. The average Bonchev–Trinajstić information content (AvgIpc) is 2.78. The van der Waals surface area contributed by atoms with Crippen molar-refractivity contribution in [2.45, 2.75) is 24.3 Å². The number of halogens is 1. The van der Waals surface area contributed by atoms with Gasteiger partial charge in [0.1, 0.15) is 0 Å². The molecule has 1 atom stereocenters. The van der Waals surface area contributed by atoms with Crippen LogP contribution < -0.4 is 9.47 Å². The molecule has 4 rings (SSSR count). The van der Waals surface area contributed by atoms with Crippen LogP contribution in [0.4, 0.5) is 0 Å². The number of hydrogen-bond donors (Lipinski definition) is 0. The Morgan fingerprint density at radius 3 is 2.16 bits per heavy atom. The van der Waals surface area contributed by atoms with Crippen molar-refractivity contribution >= 4 is 26.0 Å². The summed E-state index contributed by atoms with van der Waals surface area (Å²) >= 11 is 3.48. The monoisotopic (exact) mass is 501 g/mol. The zero-order valence-corrected chi connectivity index (χ0v) is 20.0. The lowest BCUT2D eigenvalue weighted by Crippen LogP contribution is -2.38. The average molecular weight is 502 g/mol. The van der Waals surface area contributed by atoms with Crippen LogP contribution in [0.1, 0.15) is 28.2 Å². The Balaban J connectivity index is 1.83. The summed E-state index contributed by atoms with van der Waals surface area (Å²) in [4.78, 5) is 0.302. The first-order chi connectivity index (χ1) is 14.8. The highest BCUT2D eigenvalue weighted by atomic mass is 79.9. The van der Waals surface area contributed by atoms with E-state index in [1.807, 2.05) is 55.5 Å². The molecule has 0 aliphatic carbocycles. The van der Waals surface area contributed by atoms with Crippen molar-refractivity contribution in [3.63, 3.8) is 0 Å². The molecular formula is C24H24BrNO4S. The molecule has 0 N–H and O–H groups in total. The number of rotatable bonds is 5. The van der Waals surface area contributed by atoms with Crippen LogP contribution in [0.25, 0.3) is 0 Å². The first-order valence-electron chi connectivity index (χ1n) is 9.90. The Bertz CT molecular complexity index is 1190. The maximum Gasteiger partial charge on any atom is 0.243 e. The van der Waals surface area contributed by atoms with Gasteiger partial charge < -0.3 is 9.47 Å². The summed E-state index contributed by atoms with van der Waals surface area (Å²) < 4.78 is 40.5. The summed E-state index contributed by atoms with van der Waals surface area (Å²) in [5.41, 5.74) is 4.02. The van der Waals surface area contributed by atoms with Crippen LogP contribution in [0.2, 0.25) is 0 Å². The fourth-order valence-electron chi connectivity index (χ4n) is 3.98. The predicted octanol–water partition coefficient (Wildman–Crippen LogP) is 5.11. The Morgan fingerprint density at radius 1 is 0.935 bits per heavy atom. The van der Waals surface area contributed by atoms with Crippen LogP contribution in [0.5, 0.6) is 11.5 Å². The lowest BCUT2D eigenvalue weighted by atomic mass is 9.85. The largest absolute Gasteiger partial charge is 0.493 e. The Kier molecular flexibility index (Phi) is 6.10. The van der Waals surface area contributed by atoms with E-state index in [1.54, 1.807) is 30.7 Å². The van der Waals surface area contributed by atoms with E-state index in [4.69, 9.17) is 9.47 Å². The first kappa shape index (κ1) is 21.9. The Hall–Kier alpha value is -2.35. The van der Waals surface area contributed by atoms with Crippen LogP contribution in [-0.4, -0.2) is 33.5 Å². The van der Waals surface area contributed by atoms with E-state index < -0.39 is 10.0 Å². The number of aryl methyl sites for hydroxylation is 1. The van der Waals surface area contributed by atoms with Crippen molar-refractivity contribution in [1.29, 1.82) is 0 Å². The lowest BCUT2D eigenvalue weighted by Gasteiger charge is -2.35. The molecule has 1 aliphatic rings. The second-order valence-electron chi connectivity index (χ2n) is 7.62. The van der Waals surface area contributed by atoms with E-state index in [9.17, 15) is 8.42 Å². The number of sulfonamides is 1. The first-order valence-corrected chi connectivity index (χ1v) is 12.1. The fourth-order valence-corrected chi connectivity index (χ4v) is 5.67. The minimum absolute atomic E-state index is 0.128. The van der Waals surface area contributed by atoms with E-state index in [2.05, 4.69) is 15.9 Å². The quantitative estimate of drug-likeness (QED) is 0.487. The van der Waals surface area contributed by atoms with Gasteiger partial charge in [0.15, 0.2) is 11.5 Å². The van der Waals surface area contributed by atoms with Gasteiger partial charge >= 0.3 is 0 Å². The third-order valence-electron chi connectivity index (χ3n) is 5.68. The molecule has 1 aliphatic heterocycles. The van der Waals surface area contributed by atoms with Crippen LogP contribution in [0.15, 0.2) is 70.0 Å². The number of ether oxygens (including phenoxy) is 2. The van der Waals surface area contributed by atoms with Gasteiger partial charge in [-0.3, -0.25) is 0 Å². The number of fused-ring (bicyclic) bond motifs is 1. The highest BCUT2D eigenvalue weighted by Crippen LogP contribution is 2.41. The van der Waals surface area contributed by atoms with Crippen molar-refractivity contribution < 1.29 is 17.9 Å². The molecule has 0 aromatic heterocycles. The second-order valence-corrected chi connectivity index (χ2v) is 10.5. The minimum Gasteiger partial charge on any atom is -0.493 e. The van der Waals surface area contributed by atoms with E-state index in [1.165, 1.54) is 0 Å². The van der Waals surface area contributed by atoms with Gasteiger partial charge in [0.25, 0.3) is 0 Å². The fraction of sp³-hybridized carbons (Fsp3) is 0.250. The molecule has 0 bridgehead atoms.